The monoisotopic (exact) mass is 160 g/mol. The summed E-state index contributed by atoms with van der Waals surface area (Å²) in [6, 6.07) is 0. The van der Waals surface area contributed by atoms with Crippen molar-refractivity contribution in [2.24, 2.45) is 0 Å². The molecule has 0 aromatic carbocycles. The second-order valence-corrected chi connectivity index (χ2v) is 0.687. The van der Waals surface area contributed by atoms with Crippen LogP contribution in [0.5, 0.6) is 0 Å². The minimum Gasteiger partial charge on any atom is 0 e. The summed E-state index contributed by atoms with van der Waals surface area (Å²) in [7, 11) is 0. The van der Waals surface area contributed by atoms with E-state index in [4.69, 9.17) is 10.8 Å². The smallest absolute Gasteiger partial charge is 0 e. The molecule has 0 aliphatic carbocycles. The van der Waals surface area contributed by atoms with E-state index in [0.29, 0.717) is 0 Å². The van der Waals surface area contributed by atoms with Gasteiger partial charge >= 0.3 is 28.1 Å². The first kappa shape index (κ1) is 9.21. The predicted octanol–water partition coefficient (Wildman–Crippen LogP) is -0.767. The first-order chi connectivity index (χ1) is 1.41. The van der Waals surface area contributed by atoms with Crippen molar-refractivity contribution in [3.05, 3.63) is 0 Å². The molecule has 0 aromatic rings. The van der Waals surface area contributed by atoms with Crippen LogP contribution in [0.1, 0.15) is 0 Å². The summed E-state index contributed by atoms with van der Waals surface area (Å²) in [5, 5.41) is 9.50. The molecule has 14 valence electrons. The third kappa shape index (κ3) is 9.29. The van der Waals surface area contributed by atoms with Crippen LogP contribution in [-0.2, 0) is 43.6 Å². The van der Waals surface area contributed by atoms with E-state index in [2.05, 4.69) is 0 Å². The van der Waals surface area contributed by atoms with Crippen LogP contribution in [-0.4, -0.2) is 10.8 Å². The predicted molar refractivity (Wildman–Crippen MR) is 11.5 cm³/mol. The molecule has 0 nitrogen and oxygen atoms in total. The van der Waals surface area contributed by atoms with E-state index in [1.807, 2.05) is 0 Å². The van der Waals surface area contributed by atoms with Crippen LogP contribution >= 0.6 is 0 Å². The Morgan fingerprint density at radius 3 is 1.25 bits per heavy atom. The van der Waals surface area contributed by atoms with Crippen molar-refractivity contribution in [2.45, 2.75) is 0 Å². The molecule has 0 aliphatic heterocycles. The van der Waals surface area contributed by atoms with Crippen LogP contribution in [0.15, 0.2) is 0 Å². The van der Waals surface area contributed by atoms with E-state index in [1.54, 1.807) is 0 Å². The molecule has 0 radical (unpaired) electrons. The van der Waals surface area contributed by atoms with E-state index in [0.717, 1.165) is 0 Å². The molecule has 0 heterocycles. The van der Waals surface area contributed by atoms with Crippen LogP contribution in [0.25, 0.3) is 0 Å². The zero-order valence-electron chi connectivity index (χ0n) is 2.15. The Labute approximate surface area is 53.8 Å². The summed E-state index contributed by atoms with van der Waals surface area (Å²) in [6.07, 6.45) is 0. The Morgan fingerprint density at radius 1 is 1.25 bits per heavy atom. The van der Waals surface area contributed by atoms with E-state index in [-0.39, 0.29) is 26.2 Å². The fraction of sp³-hybridized carbons (Fsp3) is 0. The fourth-order valence-corrected chi connectivity index (χ4v) is 0. The molecule has 0 fully saturated rings. The van der Waals surface area contributed by atoms with E-state index >= 15 is 0 Å². The topological polar surface area (TPSA) is 0 Å². The minimum atomic E-state index is -0.500. The Hall–Kier alpha value is 1.73. The van der Waals surface area contributed by atoms with Crippen molar-refractivity contribution in [3.63, 3.8) is 0 Å². The zero-order chi connectivity index (χ0) is 2.71. The van der Waals surface area contributed by atoms with Gasteiger partial charge < -0.3 is 0 Å². The van der Waals surface area contributed by atoms with Crippen molar-refractivity contribution < 1.29 is 43.6 Å². The number of hydrogen-bond acceptors (Lipinski definition) is 0. The molecule has 0 atom stereocenters. The van der Waals surface area contributed by atoms with Crippen LogP contribution < -0.4 is 0 Å². The van der Waals surface area contributed by atoms with Gasteiger partial charge in [0.1, 0.15) is 0 Å². The van der Waals surface area contributed by atoms with Crippen LogP contribution in [0.3, 0.4) is 0 Å². The fourth-order valence-electron chi connectivity index (χ4n) is 0. The second kappa shape index (κ2) is 8.83. The maximum absolute atomic E-state index is 4.75. The van der Waals surface area contributed by atoms with Crippen molar-refractivity contribution in [3.8, 4) is 0 Å². The first-order valence-corrected chi connectivity index (χ1v) is 2.38. The summed E-state index contributed by atoms with van der Waals surface area (Å²) in [5.74, 6) is 0. The Balaban J connectivity index is 0. The average Bonchev–Trinajstić information content (AvgIpc) is 0.918. The molecular formula is B2TiZr. The molecule has 0 N–H and O–H groups in total. The summed E-state index contributed by atoms with van der Waals surface area (Å²) >= 11 is -0.500. The summed E-state index contributed by atoms with van der Waals surface area (Å²) in [6.45, 7) is 0. The van der Waals surface area contributed by atoms with Gasteiger partial charge in [0, 0.05) is 26.2 Å². The second-order valence-electron chi connectivity index (χ2n) is 0.167. The maximum atomic E-state index is 4.75. The molecule has 4 heavy (non-hydrogen) atoms. The van der Waals surface area contributed by atoms with Gasteiger partial charge in [-0.25, -0.2) is 0 Å². The van der Waals surface area contributed by atoms with Crippen molar-refractivity contribution in [1.82, 2.24) is 0 Å². The molecule has 0 saturated heterocycles. The number of rotatable bonds is 0. The summed E-state index contributed by atoms with van der Waals surface area (Å²) < 4.78 is 0. The number of hydrogen-bond donors (Lipinski definition) is 0. The molecule has 0 unspecified atom stereocenters. The molecule has 4 heteroatoms. The Bertz CT molecular complexity index is 79.2. The molecule has 0 aliphatic rings. The van der Waals surface area contributed by atoms with Gasteiger partial charge in [-0.3, -0.25) is 0 Å². The molecular weight excluding hydrogens is 161 g/mol. The quantitative estimate of drug-likeness (QED) is 0.409. The third-order valence-electron chi connectivity index (χ3n) is 0. The van der Waals surface area contributed by atoms with Crippen molar-refractivity contribution in [2.75, 3.05) is 0 Å². The zero-order valence-corrected chi connectivity index (χ0v) is 6.17. The van der Waals surface area contributed by atoms with Crippen LogP contribution in [0, 0.1) is 0 Å². The summed E-state index contributed by atoms with van der Waals surface area (Å²) in [4.78, 5) is 0. The largest absolute Gasteiger partial charge is 0 e. The van der Waals surface area contributed by atoms with Gasteiger partial charge in [0.05, 0.1) is 0 Å². The van der Waals surface area contributed by atoms with Gasteiger partial charge in [0.25, 0.3) is 0 Å². The van der Waals surface area contributed by atoms with Gasteiger partial charge in [-0.2, -0.15) is 0 Å². The third-order valence-corrected chi connectivity index (χ3v) is 0. The molecule has 0 bridgehead atoms. The molecule has 0 spiro atoms. The van der Waals surface area contributed by atoms with Crippen LogP contribution in [0.2, 0.25) is 0 Å². The average molecular weight is 161 g/mol. The molecule has 0 rings (SSSR count). The normalized spacial score (nSPS) is 6.00. The van der Waals surface area contributed by atoms with E-state index in [1.165, 1.54) is 0 Å². The SMILES string of the molecule is [B]#[Ti]#[B].[Zr]. The van der Waals surface area contributed by atoms with Crippen LogP contribution in [0.4, 0.5) is 0 Å². The van der Waals surface area contributed by atoms with Gasteiger partial charge in [-0.05, 0) is 0 Å². The Kier molecular flexibility index (Phi) is 20.3. The summed E-state index contributed by atoms with van der Waals surface area (Å²) in [5.41, 5.74) is 0. The minimum absolute atomic E-state index is 0. The van der Waals surface area contributed by atoms with Gasteiger partial charge in [-0.1, -0.05) is 0 Å². The standard InChI is InChI=1S/2B.Ti.Zr. The molecule has 0 saturated carbocycles. The van der Waals surface area contributed by atoms with Crippen molar-refractivity contribution >= 4 is 10.8 Å². The van der Waals surface area contributed by atoms with E-state index in [9.17, 15) is 0 Å². The van der Waals surface area contributed by atoms with Gasteiger partial charge in [0.15, 0.2) is 0 Å². The molecule has 0 amide bonds. The van der Waals surface area contributed by atoms with E-state index < -0.39 is 17.4 Å². The van der Waals surface area contributed by atoms with Gasteiger partial charge in [0.2, 0.25) is 0 Å². The van der Waals surface area contributed by atoms with Crippen molar-refractivity contribution in [1.29, 1.82) is 0 Å². The first-order valence-electron chi connectivity index (χ1n) is 0.577. The van der Waals surface area contributed by atoms with Gasteiger partial charge in [-0.15, -0.1) is 0 Å². The Morgan fingerprint density at radius 2 is 1.25 bits per heavy atom. The molecule has 0 aromatic heterocycles. The maximum Gasteiger partial charge on any atom is 0 e.